The lowest BCUT2D eigenvalue weighted by Gasteiger charge is -2.14. The summed E-state index contributed by atoms with van der Waals surface area (Å²) in [5.74, 6) is 1.17. The Labute approximate surface area is 168 Å². The van der Waals surface area contributed by atoms with Crippen LogP contribution in [0.2, 0.25) is 10.0 Å². The standard InChI is InChI=1S/C21H20Cl2N2O2/c1-13-3-5-15(6-4-13)19-12-24-21(27-19)10-9-20(26)25-14(2)16-7-8-17(22)18(23)11-16/h3-8,11-12,14H,9-10H2,1-2H3,(H,25,26). The van der Waals surface area contributed by atoms with Crippen LogP contribution in [0.4, 0.5) is 0 Å². The molecule has 4 nitrogen and oxygen atoms in total. The molecule has 0 fully saturated rings. The Balaban J connectivity index is 1.54. The first-order valence-corrected chi connectivity index (χ1v) is 9.44. The molecular weight excluding hydrogens is 383 g/mol. The van der Waals surface area contributed by atoms with E-state index in [2.05, 4.69) is 10.3 Å². The van der Waals surface area contributed by atoms with Gasteiger partial charge in [-0.25, -0.2) is 4.98 Å². The minimum absolute atomic E-state index is 0.0799. The highest BCUT2D eigenvalue weighted by atomic mass is 35.5. The van der Waals surface area contributed by atoms with Gasteiger partial charge in [-0.3, -0.25) is 4.79 Å². The van der Waals surface area contributed by atoms with Crippen LogP contribution in [0.1, 0.15) is 36.4 Å². The van der Waals surface area contributed by atoms with Crippen molar-refractivity contribution in [1.29, 1.82) is 0 Å². The van der Waals surface area contributed by atoms with Crippen molar-refractivity contribution in [1.82, 2.24) is 10.3 Å². The van der Waals surface area contributed by atoms with Crippen molar-refractivity contribution in [3.63, 3.8) is 0 Å². The van der Waals surface area contributed by atoms with Crippen LogP contribution in [-0.2, 0) is 11.2 Å². The molecule has 0 spiro atoms. The Morgan fingerprint density at radius 1 is 1.15 bits per heavy atom. The van der Waals surface area contributed by atoms with E-state index in [0.717, 1.165) is 11.1 Å². The van der Waals surface area contributed by atoms with Gasteiger partial charge in [-0.1, -0.05) is 59.1 Å². The van der Waals surface area contributed by atoms with Crippen LogP contribution in [0.3, 0.4) is 0 Å². The van der Waals surface area contributed by atoms with Gasteiger partial charge in [0.2, 0.25) is 5.91 Å². The van der Waals surface area contributed by atoms with Crippen LogP contribution < -0.4 is 5.32 Å². The molecule has 0 saturated heterocycles. The fourth-order valence-corrected chi connectivity index (χ4v) is 2.98. The summed E-state index contributed by atoms with van der Waals surface area (Å²) in [6, 6.07) is 13.2. The average Bonchev–Trinajstić information content (AvgIpc) is 3.12. The van der Waals surface area contributed by atoms with Crippen LogP contribution in [-0.4, -0.2) is 10.9 Å². The maximum absolute atomic E-state index is 12.2. The van der Waals surface area contributed by atoms with Crippen molar-refractivity contribution in [3.8, 4) is 11.3 Å². The molecule has 0 saturated carbocycles. The highest BCUT2D eigenvalue weighted by Gasteiger charge is 2.13. The number of aromatic nitrogens is 1. The number of rotatable bonds is 6. The number of amides is 1. The molecule has 3 rings (SSSR count). The van der Waals surface area contributed by atoms with Crippen molar-refractivity contribution in [2.75, 3.05) is 0 Å². The van der Waals surface area contributed by atoms with Crippen molar-refractivity contribution in [2.24, 2.45) is 0 Å². The minimum atomic E-state index is -0.167. The molecule has 1 atom stereocenters. The van der Waals surface area contributed by atoms with Crippen molar-refractivity contribution in [2.45, 2.75) is 32.7 Å². The molecule has 0 bridgehead atoms. The normalized spacial score (nSPS) is 12.0. The summed E-state index contributed by atoms with van der Waals surface area (Å²) in [4.78, 5) is 16.5. The Hall–Kier alpha value is -2.30. The number of carbonyl (C=O) groups is 1. The van der Waals surface area contributed by atoms with Crippen LogP contribution in [0.15, 0.2) is 53.1 Å². The van der Waals surface area contributed by atoms with Gasteiger partial charge in [0.25, 0.3) is 0 Å². The van der Waals surface area contributed by atoms with Crippen molar-refractivity contribution < 1.29 is 9.21 Å². The van der Waals surface area contributed by atoms with Gasteiger partial charge in [0.15, 0.2) is 11.7 Å². The Morgan fingerprint density at radius 3 is 2.59 bits per heavy atom. The second kappa shape index (κ2) is 8.59. The van der Waals surface area contributed by atoms with Crippen LogP contribution >= 0.6 is 23.2 Å². The van der Waals surface area contributed by atoms with E-state index in [4.69, 9.17) is 27.6 Å². The second-order valence-electron chi connectivity index (χ2n) is 6.45. The molecule has 3 aromatic rings. The highest BCUT2D eigenvalue weighted by Crippen LogP contribution is 2.25. The van der Waals surface area contributed by atoms with Gasteiger partial charge in [0, 0.05) is 18.4 Å². The molecular formula is C21H20Cl2N2O2. The molecule has 1 unspecified atom stereocenters. The van der Waals surface area contributed by atoms with E-state index in [1.54, 1.807) is 18.3 Å². The van der Waals surface area contributed by atoms with E-state index in [1.165, 1.54) is 5.56 Å². The number of hydrogen-bond acceptors (Lipinski definition) is 3. The number of nitrogens with zero attached hydrogens (tertiary/aromatic N) is 1. The molecule has 0 aliphatic carbocycles. The fraction of sp³-hybridized carbons (Fsp3) is 0.238. The van der Waals surface area contributed by atoms with Gasteiger partial charge < -0.3 is 9.73 Å². The zero-order valence-electron chi connectivity index (χ0n) is 15.1. The summed E-state index contributed by atoms with van der Waals surface area (Å²) in [7, 11) is 0. The first-order valence-electron chi connectivity index (χ1n) is 8.68. The first kappa shape index (κ1) is 19.5. The number of aryl methyl sites for hydroxylation is 2. The van der Waals surface area contributed by atoms with E-state index < -0.39 is 0 Å². The maximum atomic E-state index is 12.2. The zero-order valence-corrected chi connectivity index (χ0v) is 16.6. The minimum Gasteiger partial charge on any atom is -0.441 e. The number of benzene rings is 2. The molecule has 2 aromatic carbocycles. The molecule has 0 radical (unpaired) electrons. The average molecular weight is 403 g/mol. The third kappa shape index (κ3) is 5.12. The predicted octanol–water partition coefficient (Wildman–Crippen LogP) is 5.77. The van der Waals surface area contributed by atoms with Gasteiger partial charge in [-0.05, 0) is 31.5 Å². The molecule has 1 amide bonds. The van der Waals surface area contributed by atoms with E-state index >= 15 is 0 Å². The Kier molecular flexibility index (Phi) is 6.19. The summed E-state index contributed by atoms with van der Waals surface area (Å²) < 4.78 is 5.76. The monoisotopic (exact) mass is 402 g/mol. The number of oxazole rings is 1. The summed E-state index contributed by atoms with van der Waals surface area (Å²) in [6.07, 6.45) is 2.42. The molecule has 1 aromatic heterocycles. The maximum Gasteiger partial charge on any atom is 0.220 e. The summed E-state index contributed by atoms with van der Waals surface area (Å²) in [5.41, 5.74) is 3.05. The molecule has 27 heavy (non-hydrogen) atoms. The van der Waals surface area contributed by atoms with E-state index in [-0.39, 0.29) is 11.9 Å². The number of halogens is 2. The van der Waals surface area contributed by atoms with Crippen LogP contribution in [0.25, 0.3) is 11.3 Å². The van der Waals surface area contributed by atoms with E-state index in [9.17, 15) is 4.79 Å². The third-order valence-electron chi connectivity index (χ3n) is 4.28. The fourth-order valence-electron chi connectivity index (χ4n) is 2.68. The topological polar surface area (TPSA) is 55.1 Å². The number of carbonyl (C=O) groups excluding carboxylic acids is 1. The van der Waals surface area contributed by atoms with Crippen LogP contribution in [0, 0.1) is 6.92 Å². The van der Waals surface area contributed by atoms with E-state index in [1.807, 2.05) is 44.2 Å². The highest BCUT2D eigenvalue weighted by molar-refractivity contribution is 6.42. The van der Waals surface area contributed by atoms with Crippen molar-refractivity contribution in [3.05, 3.63) is 75.7 Å². The summed E-state index contributed by atoms with van der Waals surface area (Å²) >= 11 is 12.0. The largest absolute Gasteiger partial charge is 0.441 e. The molecule has 6 heteroatoms. The lowest BCUT2D eigenvalue weighted by molar-refractivity contribution is -0.121. The lowest BCUT2D eigenvalue weighted by Crippen LogP contribution is -2.26. The van der Waals surface area contributed by atoms with Crippen LogP contribution in [0.5, 0.6) is 0 Å². The quantitative estimate of drug-likeness (QED) is 0.569. The second-order valence-corrected chi connectivity index (χ2v) is 7.26. The van der Waals surface area contributed by atoms with Gasteiger partial charge in [-0.15, -0.1) is 0 Å². The lowest BCUT2D eigenvalue weighted by atomic mass is 10.1. The summed E-state index contributed by atoms with van der Waals surface area (Å²) in [5, 5.41) is 3.91. The molecule has 0 aliphatic heterocycles. The van der Waals surface area contributed by atoms with Crippen molar-refractivity contribution >= 4 is 29.1 Å². The smallest absolute Gasteiger partial charge is 0.220 e. The Bertz CT molecular complexity index is 936. The summed E-state index contributed by atoms with van der Waals surface area (Å²) in [6.45, 7) is 3.94. The SMILES string of the molecule is Cc1ccc(-c2cnc(CCC(=O)NC(C)c3ccc(Cl)c(Cl)c3)o2)cc1. The van der Waals surface area contributed by atoms with Gasteiger partial charge in [0.05, 0.1) is 22.3 Å². The van der Waals surface area contributed by atoms with Gasteiger partial charge in [-0.2, -0.15) is 0 Å². The molecule has 1 N–H and O–H groups in total. The molecule has 1 heterocycles. The van der Waals surface area contributed by atoms with Gasteiger partial charge >= 0.3 is 0 Å². The molecule has 140 valence electrons. The zero-order chi connectivity index (χ0) is 19.4. The third-order valence-corrected chi connectivity index (χ3v) is 5.02. The number of nitrogens with one attached hydrogen (secondary N) is 1. The van der Waals surface area contributed by atoms with E-state index in [0.29, 0.717) is 34.5 Å². The first-order chi connectivity index (χ1) is 12.9. The molecule has 0 aliphatic rings. The van der Waals surface area contributed by atoms with Gasteiger partial charge in [0.1, 0.15) is 0 Å². The predicted molar refractivity (Wildman–Crippen MR) is 108 cm³/mol. The number of hydrogen-bond donors (Lipinski definition) is 1. The Morgan fingerprint density at radius 2 is 1.89 bits per heavy atom.